The summed E-state index contributed by atoms with van der Waals surface area (Å²) in [6.07, 6.45) is 0.333. The van der Waals surface area contributed by atoms with Gasteiger partial charge >= 0.3 is 0 Å². The molecule has 0 aliphatic carbocycles. The van der Waals surface area contributed by atoms with E-state index in [1.807, 2.05) is 58.8 Å². The number of benzene rings is 2. The van der Waals surface area contributed by atoms with E-state index in [4.69, 9.17) is 0 Å². The summed E-state index contributed by atoms with van der Waals surface area (Å²) < 4.78 is 0. The number of carbonyl (C=O) groups excluding carboxylic acids is 1. The molecule has 0 radical (unpaired) electrons. The fourth-order valence-corrected chi connectivity index (χ4v) is 4.12. The highest BCUT2D eigenvalue weighted by molar-refractivity contribution is 7.13. The number of para-hydroxylation sites is 2. The van der Waals surface area contributed by atoms with Crippen LogP contribution in [-0.4, -0.2) is 47.1 Å². The van der Waals surface area contributed by atoms with E-state index in [2.05, 4.69) is 9.88 Å². The van der Waals surface area contributed by atoms with Gasteiger partial charge in [-0.25, -0.2) is 4.98 Å². The van der Waals surface area contributed by atoms with Crippen LogP contribution in [-0.2, 0) is 11.2 Å². The standard InChI is InChI=1S/C21H21N3O2S/c25-19-9-5-4-8-18(19)23-10-12-24(13-11-23)20(26)14-17-15-27-21(22-17)16-6-2-1-3-7-16/h1-9,15,25H,10-14H2. The lowest BCUT2D eigenvalue weighted by molar-refractivity contribution is -0.130. The Hall–Kier alpha value is -2.86. The van der Waals surface area contributed by atoms with Crippen molar-refractivity contribution in [1.29, 1.82) is 0 Å². The van der Waals surface area contributed by atoms with E-state index >= 15 is 0 Å². The minimum atomic E-state index is 0.108. The number of aromatic nitrogens is 1. The summed E-state index contributed by atoms with van der Waals surface area (Å²) in [4.78, 5) is 21.3. The molecule has 3 aromatic rings. The van der Waals surface area contributed by atoms with Crippen LogP contribution in [0.25, 0.3) is 10.6 Å². The van der Waals surface area contributed by atoms with Gasteiger partial charge in [0.1, 0.15) is 10.8 Å². The Morgan fingerprint density at radius 3 is 2.44 bits per heavy atom. The number of hydrogen-bond donors (Lipinski definition) is 1. The van der Waals surface area contributed by atoms with E-state index in [0.717, 1.165) is 35.0 Å². The number of piperazine rings is 1. The normalized spacial score (nSPS) is 14.4. The molecule has 4 rings (SSSR count). The zero-order chi connectivity index (χ0) is 18.6. The van der Waals surface area contributed by atoms with Crippen molar-refractivity contribution >= 4 is 22.9 Å². The Morgan fingerprint density at radius 1 is 1.00 bits per heavy atom. The first kappa shape index (κ1) is 17.5. The van der Waals surface area contributed by atoms with Crippen LogP contribution in [0, 0.1) is 0 Å². The second-order valence-corrected chi connectivity index (χ2v) is 7.40. The second-order valence-electron chi connectivity index (χ2n) is 6.54. The fraction of sp³-hybridized carbons (Fsp3) is 0.238. The van der Waals surface area contributed by atoms with Gasteiger partial charge in [-0.15, -0.1) is 11.3 Å². The van der Waals surface area contributed by atoms with E-state index in [1.165, 1.54) is 0 Å². The van der Waals surface area contributed by atoms with Gasteiger partial charge in [-0.3, -0.25) is 4.79 Å². The van der Waals surface area contributed by atoms with Crippen molar-refractivity contribution in [3.63, 3.8) is 0 Å². The van der Waals surface area contributed by atoms with E-state index in [9.17, 15) is 9.90 Å². The van der Waals surface area contributed by atoms with Crippen LogP contribution < -0.4 is 4.90 Å². The first-order chi connectivity index (χ1) is 13.2. The van der Waals surface area contributed by atoms with Crippen molar-refractivity contribution in [2.75, 3.05) is 31.1 Å². The molecule has 2 aromatic carbocycles. The molecule has 0 saturated carbocycles. The minimum Gasteiger partial charge on any atom is -0.506 e. The summed E-state index contributed by atoms with van der Waals surface area (Å²) in [5.41, 5.74) is 2.74. The van der Waals surface area contributed by atoms with Gasteiger partial charge in [-0.2, -0.15) is 0 Å². The molecule has 1 aliphatic heterocycles. The number of amides is 1. The second kappa shape index (κ2) is 7.80. The predicted octanol–water partition coefficient (Wildman–Crippen LogP) is 3.41. The Balaban J connectivity index is 1.35. The first-order valence-corrected chi connectivity index (χ1v) is 9.89. The molecule has 27 heavy (non-hydrogen) atoms. The topological polar surface area (TPSA) is 56.7 Å². The van der Waals surface area contributed by atoms with Gasteiger partial charge in [0, 0.05) is 37.1 Å². The summed E-state index contributed by atoms with van der Waals surface area (Å²) in [6.45, 7) is 2.75. The molecule has 0 atom stereocenters. The molecule has 1 fully saturated rings. The summed E-state index contributed by atoms with van der Waals surface area (Å²) in [5.74, 6) is 0.394. The molecule has 1 aliphatic rings. The summed E-state index contributed by atoms with van der Waals surface area (Å²) in [5, 5.41) is 12.9. The Labute approximate surface area is 162 Å². The van der Waals surface area contributed by atoms with Crippen LogP contribution in [0.15, 0.2) is 60.0 Å². The Morgan fingerprint density at radius 2 is 1.70 bits per heavy atom. The van der Waals surface area contributed by atoms with E-state index in [-0.39, 0.29) is 11.7 Å². The third-order valence-electron chi connectivity index (χ3n) is 4.76. The molecule has 1 aromatic heterocycles. The number of nitrogens with zero attached hydrogens (tertiary/aromatic N) is 3. The quantitative estimate of drug-likeness (QED) is 0.755. The molecule has 2 heterocycles. The van der Waals surface area contributed by atoms with Crippen molar-refractivity contribution in [3.8, 4) is 16.3 Å². The van der Waals surface area contributed by atoms with E-state index in [0.29, 0.717) is 19.5 Å². The van der Waals surface area contributed by atoms with E-state index < -0.39 is 0 Å². The Bertz CT molecular complexity index is 918. The van der Waals surface area contributed by atoms with Crippen molar-refractivity contribution in [1.82, 2.24) is 9.88 Å². The van der Waals surface area contributed by atoms with E-state index in [1.54, 1.807) is 17.4 Å². The molecule has 0 spiro atoms. The summed E-state index contributed by atoms with van der Waals surface area (Å²) in [6, 6.07) is 17.4. The third-order valence-corrected chi connectivity index (χ3v) is 5.70. The maximum absolute atomic E-state index is 12.6. The molecule has 6 heteroatoms. The minimum absolute atomic E-state index is 0.108. The van der Waals surface area contributed by atoms with Crippen LogP contribution in [0.4, 0.5) is 5.69 Å². The van der Waals surface area contributed by atoms with Crippen molar-refractivity contribution in [2.24, 2.45) is 0 Å². The Kier molecular flexibility index (Phi) is 5.07. The molecule has 138 valence electrons. The van der Waals surface area contributed by atoms with Crippen LogP contribution in [0.2, 0.25) is 0 Å². The average molecular weight is 379 g/mol. The highest BCUT2D eigenvalue weighted by atomic mass is 32.1. The van der Waals surface area contributed by atoms with Gasteiger partial charge in [0.15, 0.2) is 0 Å². The zero-order valence-corrected chi connectivity index (χ0v) is 15.7. The zero-order valence-electron chi connectivity index (χ0n) is 14.9. The maximum Gasteiger partial charge on any atom is 0.228 e. The molecular formula is C21H21N3O2S. The monoisotopic (exact) mass is 379 g/mol. The number of hydrogen-bond acceptors (Lipinski definition) is 5. The van der Waals surface area contributed by atoms with Gasteiger partial charge in [-0.05, 0) is 12.1 Å². The van der Waals surface area contributed by atoms with Crippen LogP contribution >= 0.6 is 11.3 Å². The molecule has 0 bridgehead atoms. The summed E-state index contributed by atoms with van der Waals surface area (Å²) >= 11 is 1.57. The molecular weight excluding hydrogens is 358 g/mol. The number of rotatable bonds is 4. The van der Waals surface area contributed by atoms with Gasteiger partial charge in [0.2, 0.25) is 5.91 Å². The lowest BCUT2D eigenvalue weighted by Gasteiger charge is -2.36. The van der Waals surface area contributed by atoms with Crippen molar-refractivity contribution < 1.29 is 9.90 Å². The smallest absolute Gasteiger partial charge is 0.228 e. The van der Waals surface area contributed by atoms with Crippen LogP contribution in [0.5, 0.6) is 5.75 Å². The fourth-order valence-electron chi connectivity index (χ4n) is 3.30. The molecule has 1 N–H and O–H groups in total. The highest BCUT2D eigenvalue weighted by Gasteiger charge is 2.23. The predicted molar refractivity (Wildman–Crippen MR) is 108 cm³/mol. The number of anilines is 1. The van der Waals surface area contributed by atoms with Gasteiger partial charge in [-0.1, -0.05) is 42.5 Å². The molecule has 0 unspecified atom stereocenters. The number of phenolic OH excluding ortho intramolecular Hbond substituents is 1. The number of phenols is 1. The van der Waals surface area contributed by atoms with Crippen LogP contribution in [0.1, 0.15) is 5.69 Å². The summed E-state index contributed by atoms with van der Waals surface area (Å²) in [7, 11) is 0. The first-order valence-electron chi connectivity index (χ1n) is 9.01. The number of aromatic hydroxyl groups is 1. The lowest BCUT2D eigenvalue weighted by Crippen LogP contribution is -2.49. The third kappa shape index (κ3) is 3.95. The molecule has 1 amide bonds. The highest BCUT2D eigenvalue weighted by Crippen LogP contribution is 2.27. The number of carbonyl (C=O) groups is 1. The van der Waals surface area contributed by atoms with Crippen molar-refractivity contribution in [3.05, 3.63) is 65.7 Å². The SMILES string of the molecule is O=C(Cc1csc(-c2ccccc2)n1)N1CCN(c2ccccc2O)CC1. The maximum atomic E-state index is 12.6. The van der Waals surface area contributed by atoms with Gasteiger partial charge in [0.25, 0.3) is 0 Å². The molecule has 5 nitrogen and oxygen atoms in total. The van der Waals surface area contributed by atoms with Crippen molar-refractivity contribution in [2.45, 2.75) is 6.42 Å². The van der Waals surface area contributed by atoms with Crippen LogP contribution in [0.3, 0.4) is 0 Å². The largest absolute Gasteiger partial charge is 0.506 e. The molecule has 1 saturated heterocycles. The van der Waals surface area contributed by atoms with Gasteiger partial charge in [0.05, 0.1) is 17.8 Å². The number of thiazole rings is 1. The lowest BCUT2D eigenvalue weighted by atomic mass is 10.2. The van der Waals surface area contributed by atoms with Gasteiger partial charge < -0.3 is 14.9 Å². The average Bonchev–Trinajstić information content (AvgIpc) is 3.18.